The van der Waals surface area contributed by atoms with Crippen LogP contribution in [-0.2, 0) is 0 Å². The topological polar surface area (TPSA) is 131 Å². The molecule has 0 aliphatic carbocycles. The molecule has 0 fully saturated rings. The smallest absolute Gasteiger partial charge is 0.414 e. The molecule has 0 amide bonds. The Morgan fingerprint density at radius 1 is 1.82 bits per heavy atom. The third kappa shape index (κ3) is 1.62. The minimum atomic E-state index is -0.884. The molecule has 0 aromatic carbocycles. The van der Waals surface area contributed by atoms with Gasteiger partial charge in [-0.05, 0) is 5.90 Å². The van der Waals surface area contributed by atoms with E-state index in [1.54, 1.807) is 0 Å². The van der Waals surface area contributed by atoms with E-state index in [9.17, 15) is 5.11 Å². The highest BCUT2D eigenvalue weighted by atomic mass is 16.3. The molecule has 0 bridgehead atoms. The number of hydrogen-bond acceptors (Lipinski definition) is 5. The Morgan fingerprint density at radius 2 is 2.45 bits per heavy atom. The predicted octanol–water partition coefficient (Wildman–Crippen LogP) is -2.32. The number of aliphatic imine (C=N–C) groups is 1. The highest BCUT2D eigenvalue weighted by Crippen LogP contribution is 2.03. The lowest BCUT2D eigenvalue weighted by Gasteiger charge is -2.08. The Labute approximate surface area is 62.2 Å². The molecule has 4 N–H and O–H groups in total. The van der Waals surface area contributed by atoms with Crippen LogP contribution in [0.25, 0.3) is 4.98 Å². The Balaban J connectivity index is 0.000001000. The van der Waals surface area contributed by atoms with Crippen LogP contribution in [0, 0.1) is 10.8 Å². The highest BCUT2D eigenvalue weighted by Gasteiger charge is 2.34. The summed E-state index contributed by atoms with van der Waals surface area (Å²) >= 11 is 0. The van der Waals surface area contributed by atoms with Gasteiger partial charge in [-0.1, -0.05) is 0 Å². The van der Waals surface area contributed by atoms with Crippen molar-refractivity contribution >= 4 is 12.2 Å². The van der Waals surface area contributed by atoms with Crippen molar-refractivity contribution in [1.82, 2.24) is 5.32 Å². The van der Waals surface area contributed by atoms with E-state index in [0.29, 0.717) is 0 Å². The molecule has 1 aliphatic rings. The van der Waals surface area contributed by atoms with Gasteiger partial charge in [0.1, 0.15) is 4.98 Å². The maximum Gasteiger partial charge on any atom is 0.414 e. The van der Waals surface area contributed by atoms with Crippen LogP contribution in [0.4, 0.5) is 0 Å². The first-order valence-corrected chi connectivity index (χ1v) is 2.63. The van der Waals surface area contributed by atoms with Gasteiger partial charge in [-0.3, -0.25) is 10.3 Å². The first-order chi connectivity index (χ1) is 4.75. The van der Waals surface area contributed by atoms with E-state index >= 15 is 0 Å². The van der Waals surface area contributed by atoms with Crippen LogP contribution in [0.5, 0.6) is 0 Å². The first kappa shape index (κ1) is 9.32. The van der Waals surface area contributed by atoms with E-state index in [1.165, 1.54) is 6.34 Å². The van der Waals surface area contributed by atoms with Gasteiger partial charge in [0.25, 0.3) is 0 Å². The summed E-state index contributed by atoms with van der Waals surface area (Å²) in [6, 6.07) is -0.884. The molecule has 7 heteroatoms. The molecule has 1 rings (SSSR count). The Hall–Kier alpha value is -1.68. The molecular weight excluding hydrogens is 150 g/mol. The van der Waals surface area contributed by atoms with Crippen molar-refractivity contribution in [1.29, 1.82) is 10.8 Å². The Kier molecular flexibility index (Phi) is 2.95. The standard InChI is InChI=1S/C4H5N5O.H2O/c5-3(10)2-4(9-6)8-1-7-2;/h1-2,4H,(H2-,5,7,8,10);1H2. The molecule has 1 heterocycles. The van der Waals surface area contributed by atoms with Gasteiger partial charge >= 0.3 is 6.17 Å². The van der Waals surface area contributed by atoms with E-state index in [-0.39, 0.29) is 5.48 Å². The van der Waals surface area contributed by atoms with E-state index < -0.39 is 18.1 Å². The van der Waals surface area contributed by atoms with Crippen molar-refractivity contribution in [2.45, 2.75) is 12.2 Å². The molecule has 2 unspecified atom stereocenters. The summed E-state index contributed by atoms with van der Waals surface area (Å²) < 4.78 is 0. The fourth-order valence-corrected chi connectivity index (χ4v) is 0.680. The van der Waals surface area contributed by atoms with Crippen LogP contribution in [0.3, 0.4) is 0 Å². The number of rotatable bonds is 1. The molecule has 60 valence electrons. The van der Waals surface area contributed by atoms with Crippen LogP contribution < -0.4 is 10.4 Å². The van der Waals surface area contributed by atoms with Gasteiger partial charge in [0.05, 0.1) is 6.34 Å². The quantitative estimate of drug-likeness (QED) is 0.251. The summed E-state index contributed by atoms with van der Waals surface area (Å²) in [6.45, 7) is 0. The minimum Gasteiger partial charge on any atom is -0.860 e. The average Bonchev–Trinajstić information content (AvgIpc) is 2.33. The molecule has 7 nitrogen and oxygen atoms in total. The second-order valence-corrected chi connectivity index (χ2v) is 1.81. The molecule has 0 aromatic heterocycles. The van der Waals surface area contributed by atoms with Crippen LogP contribution in [0.15, 0.2) is 4.99 Å². The van der Waals surface area contributed by atoms with Crippen molar-refractivity contribution in [2.24, 2.45) is 4.99 Å². The SMILES string of the molecule is N#[N+]C1NC=NC1C(=N)[O-].O. The van der Waals surface area contributed by atoms with Gasteiger partial charge in [-0.2, -0.15) is 0 Å². The normalized spacial score (nSPS) is 26.5. The monoisotopic (exact) mass is 157 g/mol. The second kappa shape index (κ2) is 3.48. The third-order valence-electron chi connectivity index (χ3n) is 1.17. The Morgan fingerprint density at radius 3 is 2.82 bits per heavy atom. The van der Waals surface area contributed by atoms with Crippen LogP contribution >= 0.6 is 0 Å². The minimum absolute atomic E-state index is 0. The number of diazo groups is 1. The van der Waals surface area contributed by atoms with E-state index in [4.69, 9.17) is 10.8 Å². The number of nitrogens with one attached hydrogen (secondary N) is 2. The lowest BCUT2D eigenvalue weighted by atomic mass is 10.2. The van der Waals surface area contributed by atoms with Gasteiger partial charge in [-0.25, -0.2) is 0 Å². The zero-order valence-corrected chi connectivity index (χ0v) is 5.48. The molecule has 1 aliphatic heterocycles. The maximum absolute atomic E-state index is 10.4. The fourth-order valence-electron chi connectivity index (χ4n) is 0.680. The summed E-state index contributed by atoms with van der Waals surface area (Å²) in [6.07, 6.45) is 0.478. The number of nitrogens with zero attached hydrogens (tertiary/aromatic N) is 3. The molecule has 2 atom stereocenters. The van der Waals surface area contributed by atoms with Gasteiger partial charge in [0, 0.05) is 0 Å². The lowest BCUT2D eigenvalue weighted by molar-refractivity contribution is -0.222. The zero-order chi connectivity index (χ0) is 7.56. The van der Waals surface area contributed by atoms with Crippen LogP contribution in [-0.4, -0.2) is 29.9 Å². The molecule has 0 spiro atoms. The van der Waals surface area contributed by atoms with E-state index in [0.717, 1.165) is 0 Å². The van der Waals surface area contributed by atoms with Crippen LogP contribution in [0.1, 0.15) is 0 Å². The lowest BCUT2D eigenvalue weighted by Crippen LogP contribution is -2.39. The molecule has 11 heavy (non-hydrogen) atoms. The van der Waals surface area contributed by atoms with E-state index in [2.05, 4.69) is 15.3 Å². The van der Waals surface area contributed by atoms with Crippen molar-refractivity contribution in [2.75, 3.05) is 0 Å². The van der Waals surface area contributed by atoms with Crippen molar-refractivity contribution in [3.63, 3.8) is 0 Å². The van der Waals surface area contributed by atoms with Gasteiger partial charge in [0.2, 0.25) is 5.39 Å². The maximum atomic E-state index is 10.4. The molecule has 0 saturated carbocycles. The molecule has 0 radical (unpaired) electrons. The predicted molar refractivity (Wildman–Crippen MR) is 35.6 cm³/mol. The van der Waals surface area contributed by atoms with Crippen molar-refractivity contribution in [3.05, 3.63) is 4.98 Å². The molecular formula is C4H7N5O2. The van der Waals surface area contributed by atoms with Crippen molar-refractivity contribution < 1.29 is 10.6 Å². The summed E-state index contributed by atoms with van der Waals surface area (Å²) in [5, 5.41) is 27.7. The van der Waals surface area contributed by atoms with Gasteiger partial charge in [-0.15, -0.1) is 0 Å². The molecule has 0 saturated heterocycles. The second-order valence-electron chi connectivity index (χ2n) is 1.81. The number of hydrogen-bond donors (Lipinski definition) is 2. The average molecular weight is 157 g/mol. The van der Waals surface area contributed by atoms with Crippen LogP contribution in [0.2, 0.25) is 0 Å². The summed E-state index contributed by atoms with van der Waals surface area (Å²) in [5.74, 6) is -0.857. The third-order valence-corrected chi connectivity index (χ3v) is 1.17. The fraction of sp³-hybridized carbons (Fsp3) is 0.500. The largest absolute Gasteiger partial charge is 0.860 e. The summed E-state index contributed by atoms with van der Waals surface area (Å²) in [5.41, 5.74) is 0. The summed E-state index contributed by atoms with van der Waals surface area (Å²) in [7, 11) is 0. The van der Waals surface area contributed by atoms with E-state index in [1.807, 2.05) is 0 Å². The van der Waals surface area contributed by atoms with Gasteiger partial charge in [0.15, 0.2) is 6.04 Å². The Bertz CT molecular complexity index is 219. The molecule has 0 aromatic rings. The highest BCUT2D eigenvalue weighted by molar-refractivity contribution is 5.80. The van der Waals surface area contributed by atoms with Crippen molar-refractivity contribution in [3.8, 4) is 0 Å². The first-order valence-electron chi connectivity index (χ1n) is 2.63. The zero-order valence-electron chi connectivity index (χ0n) is 5.48. The summed E-state index contributed by atoms with van der Waals surface area (Å²) in [4.78, 5) is 6.37. The van der Waals surface area contributed by atoms with Gasteiger partial charge < -0.3 is 16.0 Å².